The molecule has 0 saturated carbocycles. The molecule has 3 rings (SSSR count). The molecule has 2 aromatic rings. The zero-order valence-corrected chi connectivity index (χ0v) is 13.2. The lowest BCUT2D eigenvalue weighted by Gasteiger charge is -2.24. The van der Waals surface area contributed by atoms with Crippen molar-refractivity contribution in [2.45, 2.75) is 12.3 Å². The van der Waals surface area contributed by atoms with Gasteiger partial charge in [-0.15, -0.1) is 11.3 Å². The van der Waals surface area contributed by atoms with Crippen molar-refractivity contribution < 1.29 is 4.79 Å². The number of fused-ring (bicyclic) bond motifs is 1. The number of benzene rings is 1. The number of carbonyl (C=O) groups is 1. The largest absolute Gasteiger partial charge is 0.338 e. The summed E-state index contributed by atoms with van der Waals surface area (Å²) in [6.45, 7) is 5.00. The highest BCUT2D eigenvalue weighted by atomic mass is 35.5. The molecule has 1 aliphatic heterocycles. The summed E-state index contributed by atoms with van der Waals surface area (Å²) < 4.78 is 0.824. The molecule has 4 heteroatoms. The van der Waals surface area contributed by atoms with Crippen LogP contribution < -0.4 is 0 Å². The summed E-state index contributed by atoms with van der Waals surface area (Å²) in [6.07, 6.45) is 2.25. The predicted octanol–water partition coefficient (Wildman–Crippen LogP) is 4.10. The molecule has 0 saturated heterocycles. The van der Waals surface area contributed by atoms with Crippen LogP contribution in [0.1, 0.15) is 21.9 Å². The van der Waals surface area contributed by atoms with E-state index >= 15 is 0 Å². The van der Waals surface area contributed by atoms with E-state index in [1.54, 1.807) is 11.3 Å². The van der Waals surface area contributed by atoms with Gasteiger partial charge in [-0.2, -0.15) is 0 Å². The molecule has 0 unspecified atom stereocenters. The van der Waals surface area contributed by atoms with Crippen LogP contribution in [0.2, 0.25) is 4.34 Å². The number of carbonyl (C=O) groups excluding carboxylic acids is 1. The number of hydrogen-bond acceptors (Lipinski definition) is 2. The minimum absolute atomic E-state index is 0.00261. The maximum Gasteiger partial charge on any atom is 0.245 e. The molecule has 2 heterocycles. The zero-order chi connectivity index (χ0) is 14.8. The van der Waals surface area contributed by atoms with Crippen LogP contribution in [-0.4, -0.2) is 23.9 Å². The lowest BCUT2D eigenvalue weighted by Crippen LogP contribution is -2.33. The molecule has 0 bridgehead atoms. The highest BCUT2D eigenvalue weighted by Crippen LogP contribution is 2.38. The van der Waals surface area contributed by atoms with Crippen LogP contribution >= 0.6 is 22.9 Å². The Balaban J connectivity index is 2.03. The highest BCUT2D eigenvalue weighted by Gasteiger charge is 2.27. The molecule has 1 amide bonds. The average molecular weight is 318 g/mol. The Hall–Kier alpha value is -1.58. The van der Waals surface area contributed by atoms with Crippen molar-refractivity contribution in [1.82, 2.24) is 4.90 Å². The van der Waals surface area contributed by atoms with E-state index in [2.05, 4.69) is 24.8 Å². The van der Waals surface area contributed by atoms with Crippen molar-refractivity contribution in [2.75, 3.05) is 13.1 Å². The molecule has 21 heavy (non-hydrogen) atoms. The first-order valence-electron chi connectivity index (χ1n) is 6.93. The van der Waals surface area contributed by atoms with Crippen molar-refractivity contribution in [3.8, 4) is 0 Å². The lowest BCUT2D eigenvalue weighted by molar-refractivity contribution is -0.126. The van der Waals surface area contributed by atoms with Gasteiger partial charge in [-0.25, -0.2) is 0 Å². The van der Waals surface area contributed by atoms with E-state index in [9.17, 15) is 4.79 Å². The number of hydrogen-bond donors (Lipinski definition) is 0. The number of rotatable bonds is 2. The topological polar surface area (TPSA) is 20.3 Å². The molecule has 0 fully saturated rings. The molecule has 1 aromatic heterocycles. The minimum atomic E-state index is -0.00261. The van der Waals surface area contributed by atoms with E-state index in [4.69, 9.17) is 11.6 Å². The molecule has 1 aromatic carbocycles. The van der Waals surface area contributed by atoms with Crippen molar-refractivity contribution in [3.63, 3.8) is 0 Å². The lowest BCUT2D eigenvalue weighted by atomic mass is 9.91. The van der Waals surface area contributed by atoms with E-state index in [0.717, 1.165) is 17.3 Å². The van der Waals surface area contributed by atoms with Crippen LogP contribution in [0.15, 0.2) is 49.1 Å². The molecule has 2 nitrogen and oxygen atoms in total. The number of amides is 1. The first kappa shape index (κ1) is 14.4. The van der Waals surface area contributed by atoms with E-state index in [1.807, 2.05) is 23.1 Å². The van der Waals surface area contributed by atoms with Crippen molar-refractivity contribution >= 4 is 28.8 Å². The summed E-state index contributed by atoms with van der Waals surface area (Å²) in [6, 6.07) is 12.4. The van der Waals surface area contributed by atoms with E-state index in [-0.39, 0.29) is 11.8 Å². The third-order valence-electron chi connectivity index (χ3n) is 3.89. The Kier molecular flexibility index (Phi) is 4.13. The third-order valence-corrected chi connectivity index (χ3v) is 5.23. The Bertz CT molecular complexity index is 665. The Morgan fingerprint density at radius 3 is 2.86 bits per heavy atom. The molecule has 0 N–H and O–H groups in total. The van der Waals surface area contributed by atoms with Gasteiger partial charge in [0, 0.05) is 23.9 Å². The quantitative estimate of drug-likeness (QED) is 0.763. The normalized spacial score (nSPS) is 18.0. The van der Waals surface area contributed by atoms with Gasteiger partial charge in [-0.1, -0.05) is 48.5 Å². The first-order valence-corrected chi connectivity index (χ1v) is 8.13. The van der Waals surface area contributed by atoms with Gasteiger partial charge in [0.25, 0.3) is 0 Å². The molecule has 108 valence electrons. The summed E-state index contributed by atoms with van der Waals surface area (Å²) in [5, 5.41) is 0. The Morgan fingerprint density at radius 2 is 2.14 bits per heavy atom. The summed E-state index contributed by atoms with van der Waals surface area (Å²) in [5.74, 6) is 0.175. The minimum Gasteiger partial charge on any atom is -0.338 e. The maximum absolute atomic E-state index is 12.0. The first-order chi connectivity index (χ1) is 10.2. The van der Waals surface area contributed by atoms with Gasteiger partial charge in [-0.3, -0.25) is 4.79 Å². The van der Waals surface area contributed by atoms with Crippen molar-refractivity contribution in [1.29, 1.82) is 0 Å². The van der Waals surface area contributed by atoms with Gasteiger partial charge in [0.1, 0.15) is 0 Å². The van der Waals surface area contributed by atoms with Gasteiger partial charge in [0.15, 0.2) is 0 Å². The fraction of sp³-hybridized carbons (Fsp3) is 0.235. The highest BCUT2D eigenvalue weighted by molar-refractivity contribution is 7.16. The van der Waals surface area contributed by atoms with Gasteiger partial charge in [-0.05, 0) is 29.7 Å². The van der Waals surface area contributed by atoms with E-state index < -0.39 is 0 Å². The third kappa shape index (κ3) is 2.89. The monoisotopic (exact) mass is 317 g/mol. The van der Waals surface area contributed by atoms with Gasteiger partial charge in [0.2, 0.25) is 5.91 Å². The number of halogens is 1. The molecular weight excluding hydrogens is 302 g/mol. The predicted molar refractivity (Wildman–Crippen MR) is 88.1 cm³/mol. The van der Waals surface area contributed by atoms with E-state index in [1.165, 1.54) is 22.1 Å². The smallest absolute Gasteiger partial charge is 0.245 e. The molecule has 0 spiro atoms. The standard InChI is InChI=1S/C17H16ClNOS/c1-2-17(20)19-9-8-15-13(10-16(18)21-15)14(11-19)12-6-4-3-5-7-12/h2-7,10,14H,1,8-9,11H2/t14-/m1/s1. The number of nitrogens with zero attached hydrogens (tertiary/aromatic N) is 1. The zero-order valence-electron chi connectivity index (χ0n) is 11.6. The second-order valence-corrected chi connectivity index (χ2v) is 6.90. The molecule has 0 radical (unpaired) electrons. The maximum atomic E-state index is 12.0. The summed E-state index contributed by atoms with van der Waals surface area (Å²) in [7, 11) is 0. The summed E-state index contributed by atoms with van der Waals surface area (Å²) >= 11 is 7.83. The van der Waals surface area contributed by atoms with Gasteiger partial charge >= 0.3 is 0 Å². The van der Waals surface area contributed by atoms with Crippen molar-refractivity contribution in [3.05, 3.63) is 69.4 Å². The molecule has 1 aliphatic rings. The molecule has 1 atom stereocenters. The number of thiophene rings is 1. The molecule has 0 aliphatic carbocycles. The van der Waals surface area contributed by atoms with Crippen LogP contribution in [-0.2, 0) is 11.2 Å². The Labute approximate surface area is 133 Å². The SMILES string of the molecule is C=CC(=O)N1CCc2sc(Cl)cc2[C@@H](c2ccccc2)C1. The second kappa shape index (κ2) is 6.04. The average Bonchev–Trinajstić information content (AvgIpc) is 2.79. The van der Waals surface area contributed by atoms with Crippen LogP contribution in [0, 0.1) is 0 Å². The fourth-order valence-electron chi connectivity index (χ4n) is 2.85. The van der Waals surface area contributed by atoms with Crippen molar-refractivity contribution in [2.24, 2.45) is 0 Å². The van der Waals surface area contributed by atoms with Gasteiger partial charge in [0.05, 0.1) is 4.34 Å². The Morgan fingerprint density at radius 1 is 1.38 bits per heavy atom. The second-order valence-electron chi connectivity index (χ2n) is 5.13. The van der Waals surface area contributed by atoms with Crippen LogP contribution in [0.3, 0.4) is 0 Å². The van der Waals surface area contributed by atoms with Crippen LogP contribution in [0.4, 0.5) is 0 Å². The fourth-order valence-corrected chi connectivity index (χ4v) is 4.18. The summed E-state index contributed by atoms with van der Waals surface area (Å²) in [5.41, 5.74) is 2.48. The van der Waals surface area contributed by atoms with Gasteiger partial charge < -0.3 is 4.90 Å². The van der Waals surface area contributed by atoms with Crippen LogP contribution in [0.5, 0.6) is 0 Å². The molecular formula is C17H16ClNOS. The van der Waals surface area contributed by atoms with Crippen LogP contribution in [0.25, 0.3) is 0 Å². The van der Waals surface area contributed by atoms with E-state index in [0.29, 0.717) is 6.54 Å². The summed E-state index contributed by atoms with van der Waals surface area (Å²) in [4.78, 5) is 15.2.